The van der Waals surface area contributed by atoms with E-state index < -0.39 is 17.5 Å². The third-order valence-electron chi connectivity index (χ3n) is 3.84. The number of carbonyl (C=O) groups excluding carboxylic acids is 4. The highest BCUT2D eigenvalue weighted by Crippen LogP contribution is 2.29. The van der Waals surface area contributed by atoms with Crippen LogP contribution in [0.5, 0.6) is 0 Å². The van der Waals surface area contributed by atoms with Crippen LogP contribution < -0.4 is 16.0 Å². The van der Waals surface area contributed by atoms with Gasteiger partial charge in [0.1, 0.15) is 11.4 Å². The fourth-order valence-electron chi connectivity index (χ4n) is 2.54. The van der Waals surface area contributed by atoms with E-state index in [0.717, 1.165) is 11.8 Å². The quantitative estimate of drug-likeness (QED) is 0.545. The summed E-state index contributed by atoms with van der Waals surface area (Å²) in [4.78, 5) is 48.7. The number of benzene rings is 1. The van der Waals surface area contributed by atoms with E-state index in [4.69, 9.17) is 0 Å². The van der Waals surface area contributed by atoms with Crippen molar-refractivity contribution in [2.45, 2.75) is 0 Å². The van der Waals surface area contributed by atoms with Gasteiger partial charge < -0.3 is 16.0 Å². The van der Waals surface area contributed by atoms with Gasteiger partial charge in [0.25, 0.3) is 5.91 Å². The van der Waals surface area contributed by atoms with Gasteiger partial charge in [-0.25, -0.2) is 4.79 Å². The molecule has 1 aromatic carbocycles. The summed E-state index contributed by atoms with van der Waals surface area (Å²) in [7, 11) is 1.42. The monoisotopic (exact) mass is 399 g/mol. The van der Waals surface area contributed by atoms with Gasteiger partial charge in [-0.2, -0.15) is 5.10 Å². The molecule has 4 N–H and O–H groups in total. The van der Waals surface area contributed by atoms with Crippen LogP contribution in [0.4, 0.5) is 10.5 Å². The molecule has 3 amide bonds. The standard InChI is InChI=1S/C18H17N5O4S/c1-19-17(26)15-13-14(22-23-15)11(24)9-12(16(13)25)28-8-7-20-18(27)21-10-5-3-2-4-6-10/h2-6,9H,7-8H2,1H3,(H,19,26)(H,22,23)(H2,20,21,27). The Bertz CT molecular complexity index is 968. The van der Waals surface area contributed by atoms with Gasteiger partial charge in [0.05, 0.1) is 10.5 Å². The maximum Gasteiger partial charge on any atom is 0.319 e. The van der Waals surface area contributed by atoms with Crippen LogP contribution in [0.2, 0.25) is 0 Å². The van der Waals surface area contributed by atoms with E-state index in [0.29, 0.717) is 11.4 Å². The van der Waals surface area contributed by atoms with Crippen LogP contribution in [0, 0.1) is 0 Å². The van der Waals surface area contributed by atoms with E-state index in [1.54, 1.807) is 24.3 Å². The second-order valence-corrected chi connectivity index (χ2v) is 6.84. The highest BCUT2D eigenvalue weighted by atomic mass is 32.2. The van der Waals surface area contributed by atoms with Crippen molar-refractivity contribution in [2.75, 3.05) is 24.7 Å². The number of nitrogens with one attached hydrogen (secondary N) is 4. The van der Waals surface area contributed by atoms with Gasteiger partial charge in [-0.15, -0.1) is 11.8 Å². The van der Waals surface area contributed by atoms with Gasteiger partial charge in [0.2, 0.25) is 11.6 Å². The lowest BCUT2D eigenvalue weighted by Gasteiger charge is -2.12. The molecule has 10 heteroatoms. The Morgan fingerprint density at radius 1 is 1.18 bits per heavy atom. The van der Waals surface area contributed by atoms with Crippen LogP contribution in [0.25, 0.3) is 0 Å². The van der Waals surface area contributed by atoms with Crippen molar-refractivity contribution in [3.63, 3.8) is 0 Å². The molecule has 1 aliphatic carbocycles. The number of anilines is 1. The van der Waals surface area contributed by atoms with Gasteiger partial charge in [-0.05, 0) is 12.1 Å². The number of rotatable bonds is 6. The Kier molecular flexibility index (Phi) is 5.90. The zero-order valence-corrected chi connectivity index (χ0v) is 15.7. The molecule has 0 bridgehead atoms. The molecule has 0 radical (unpaired) electrons. The number of nitrogens with zero attached hydrogens (tertiary/aromatic N) is 1. The fourth-order valence-corrected chi connectivity index (χ4v) is 3.38. The zero-order chi connectivity index (χ0) is 20.1. The van der Waals surface area contributed by atoms with Crippen molar-refractivity contribution in [2.24, 2.45) is 0 Å². The number of aromatic nitrogens is 2. The first-order valence-corrected chi connectivity index (χ1v) is 9.33. The number of carbonyl (C=O) groups is 4. The highest BCUT2D eigenvalue weighted by Gasteiger charge is 2.33. The third kappa shape index (κ3) is 4.12. The predicted molar refractivity (Wildman–Crippen MR) is 105 cm³/mol. The van der Waals surface area contributed by atoms with Crippen molar-refractivity contribution in [1.29, 1.82) is 0 Å². The maximum atomic E-state index is 12.7. The van der Waals surface area contributed by atoms with Crippen molar-refractivity contribution in [1.82, 2.24) is 20.8 Å². The van der Waals surface area contributed by atoms with E-state index in [1.807, 2.05) is 6.07 Å². The number of aromatic amines is 1. The van der Waals surface area contributed by atoms with Crippen LogP contribution in [0.1, 0.15) is 31.3 Å². The molecule has 9 nitrogen and oxygen atoms in total. The molecule has 0 unspecified atom stereocenters. The van der Waals surface area contributed by atoms with Gasteiger partial charge >= 0.3 is 6.03 Å². The van der Waals surface area contributed by atoms with Crippen molar-refractivity contribution >= 4 is 41.0 Å². The molecule has 1 aliphatic rings. The SMILES string of the molecule is CNC(=O)c1[nH]nc2c1C(=O)C(SCCNC(=O)Nc1ccccc1)=CC2=O. The Morgan fingerprint density at radius 3 is 2.64 bits per heavy atom. The van der Waals surface area contributed by atoms with E-state index in [2.05, 4.69) is 26.1 Å². The summed E-state index contributed by atoms with van der Waals surface area (Å²) in [5, 5.41) is 14.0. The molecule has 0 aliphatic heterocycles. The van der Waals surface area contributed by atoms with Crippen LogP contribution in [-0.2, 0) is 0 Å². The largest absolute Gasteiger partial charge is 0.354 e. The minimum atomic E-state index is -0.527. The molecule has 0 saturated carbocycles. The molecule has 0 atom stereocenters. The van der Waals surface area contributed by atoms with Gasteiger partial charge in [0.15, 0.2) is 0 Å². The summed E-state index contributed by atoms with van der Waals surface area (Å²) in [6.45, 7) is 0.280. The van der Waals surface area contributed by atoms with E-state index in [-0.39, 0.29) is 34.4 Å². The first-order chi connectivity index (χ1) is 13.5. The molecule has 0 saturated heterocycles. The number of allylic oxidation sites excluding steroid dienone is 2. The summed E-state index contributed by atoms with van der Waals surface area (Å²) < 4.78 is 0. The molecular formula is C18H17N5O4S. The Morgan fingerprint density at radius 2 is 1.93 bits per heavy atom. The molecule has 1 aromatic heterocycles. The number of urea groups is 1. The van der Waals surface area contributed by atoms with E-state index in [9.17, 15) is 19.2 Å². The molecular weight excluding hydrogens is 382 g/mol. The summed E-state index contributed by atoms with van der Waals surface area (Å²) >= 11 is 1.13. The van der Waals surface area contributed by atoms with Gasteiger partial charge in [-0.3, -0.25) is 19.5 Å². The minimum absolute atomic E-state index is 0.0240. The minimum Gasteiger partial charge on any atom is -0.354 e. The lowest BCUT2D eigenvalue weighted by atomic mass is 9.99. The number of hydrogen-bond acceptors (Lipinski definition) is 6. The number of Topliss-reactive ketones (excluding diaryl/α,β-unsaturated/α-hetero) is 1. The molecule has 2 aromatic rings. The maximum absolute atomic E-state index is 12.7. The fraction of sp³-hybridized carbons (Fsp3) is 0.167. The zero-order valence-electron chi connectivity index (χ0n) is 14.9. The number of thioether (sulfide) groups is 1. The number of amides is 3. The van der Waals surface area contributed by atoms with Gasteiger partial charge in [-0.1, -0.05) is 18.2 Å². The summed E-state index contributed by atoms with van der Waals surface area (Å²) in [6, 6.07) is 8.61. The van der Waals surface area contributed by atoms with Crippen molar-refractivity contribution in [3.05, 3.63) is 58.3 Å². The lowest BCUT2D eigenvalue weighted by molar-refractivity contribution is 0.0945. The number of fused-ring (bicyclic) bond motifs is 1. The average molecular weight is 399 g/mol. The molecule has 0 spiro atoms. The molecule has 28 heavy (non-hydrogen) atoms. The topological polar surface area (TPSA) is 133 Å². The Labute approximate surface area is 164 Å². The summed E-state index contributed by atoms with van der Waals surface area (Å²) in [6.07, 6.45) is 1.20. The molecule has 144 valence electrons. The number of ketones is 2. The van der Waals surface area contributed by atoms with Crippen LogP contribution in [0.3, 0.4) is 0 Å². The average Bonchev–Trinajstić information content (AvgIpc) is 3.15. The second-order valence-electron chi connectivity index (χ2n) is 5.70. The third-order valence-corrected chi connectivity index (χ3v) is 4.87. The normalized spacial score (nSPS) is 12.8. The van der Waals surface area contributed by atoms with Crippen molar-refractivity contribution in [3.8, 4) is 0 Å². The van der Waals surface area contributed by atoms with E-state index >= 15 is 0 Å². The first kappa shape index (κ1) is 19.4. The number of para-hydroxylation sites is 1. The molecule has 0 fully saturated rings. The van der Waals surface area contributed by atoms with Crippen LogP contribution in [0.15, 0.2) is 41.3 Å². The van der Waals surface area contributed by atoms with Crippen LogP contribution in [-0.4, -0.2) is 53.0 Å². The Hall–Kier alpha value is -3.40. The Balaban J connectivity index is 1.56. The smallest absolute Gasteiger partial charge is 0.319 e. The predicted octanol–water partition coefficient (Wildman–Crippen LogP) is 1.59. The second kappa shape index (κ2) is 8.53. The van der Waals surface area contributed by atoms with Gasteiger partial charge in [0, 0.05) is 31.1 Å². The highest BCUT2D eigenvalue weighted by molar-refractivity contribution is 8.04. The molecule has 1 heterocycles. The molecule has 3 rings (SSSR count). The van der Waals surface area contributed by atoms with Crippen LogP contribution >= 0.6 is 11.8 Å². The number of H-pyrrole nitrogens is 1. The summed E-state index contributed by atoms with van der Waals surface area (Å²) in [5.41, 5.74) is 0.539. The number of hydrogen-bond donors (Lipinski definition) is 4. The van der Waals surface area contributed by atoms with E-state index in [1.165, 1.54) is 13.1 Å². The lowest BCUT2D eigenvalue weighted by Crippen LogP contribution is -2.30. The first-order valence-electron chi connectivity index (χ1n) is 8.35. The summed E-state index contributed by atoms with van der Waals surface area (Å²) in [5.74, 6) is -1.05. The van der Waals surface area contributed by atoms with Crippen molar-refractivity contribution < 1.29 is 19.2 Å².